The molecule has 1 N–H and O–H groups in total. The lowest BCUT2D eigenvalue weighted by Crippen LogP contribution is -2.60. The molecule has 2 heterocycles. The number of fused-ring (bicyclic) bond motifs is 1. The van der Waals surface area contributed by atoms with Crippen LogP contribution in [0.5, 0.6) is 0 Å². The molecule has 0 saturated heterocycles. The van der Waals surface area contributed by atoms with Crippen LogP contribution in [-0.2, 0) is 6.42 Å². The first kappa shape index (κ1) is 14.5. The van der Waals surface area contributed by atoms with Crippen molar-refractivity contribution < 1.29 is 4.79 Å². The van der Waals surface area contributed by atoms with E-state index in [0.717, 1.165) is 41.2 Å². The van der Waals surface area contributed by atoms with Gasteiger partial charge in [-0.2, -0.15) is 0 Å². The second-order valence-corrected chi connectivity index (χ2v) is 8.34. The SMILES string of the molecule is CCc1nc2ccccn2c1C(=O)NC12CC3CC(CC(C3)C1)C2. The van der Waals surface area contributed by atoms with E-state index in [1.165, 1.54) is 38.5 Å². The number of aromatic nitrogens is 2. The predicted octanol–water partition coefficient (Wildman–Crippen LogP) is 3.60. The van der Waals surface area contributed by atoms with Gasteiger partial charge >= 0.3 is 0 Å². The number of amides is 1. The maximum absolute atomic E-state index is 13.2. The van der Waals surface area contributed by atoms with Gasteiger partial charge in [-0.25, -0.2) is 4.98 Å². The highest BCUT2D eigenvalue weighted by atomic mass is 16.2. The molecular weight excluding hydrogens is 298 g/mol. The third kappa shape index (κ3) is 2.11. The van der Waals surface area contributed by atoms with E-state index in [2.05, 4.69) is 17.2 Å². The predicted molar refractivity (Wildman–Crippen MR) is 92.9 cm³/mol. The summed E-state index contributed by atoms with van der Waals surface area (Å²) >= 11 is 0. The first-order chi connectivity index (χ1) is 11.7. The molecule has 0 aromatic carbocycles. The van der Waals surface area contributed by atoms with Crippen LogP contribution >= 0.6 is 0 Å². The minimum absolute atomic E-state index is 0.0514. The summed E-state index contributed by atoms with van der Waals surface area (Å²) in [5, 5.41) is 3.49. The van der Waals surface area contributed by atoms with Crippen molar-refractivity contribution in [2.24, 2.45) is 17.8 Å². The molecule has 0 spiro atoms. The maximum Gasteiger partial charge on any atom is 0.270 e. The van der Waals surface area contributed by atoms with Gasteiger partial charge in [0.2, 0.25) is 0 Å². The fraction of sp³-hybridized carbons (Fsp3) is 0.600. The van der Waals surface area contributed by atoms with Gasteiger partial charge in [0.05, 0.1) is 5.69 Å². The van der Waals surface area contributed by atoms with Crippen molar-refractivity contribution in [1.82, 2.24) is 14.7 Å². The normalized spacial score (nSPS) is 34.0. The highest BCUT2D eigenvalue weighted by molar-refractivity contribution is 5.95. The Bertz CT molecular complexity index is 771. The largest absolute Gasteiger partial charge is 0.345 e. The van der Waals surface area contributed by atoms with Gasteiger partial charge in [0.15, 0.2) is 0 Å². The molecule has 4 nitrogen and oxygen atoms in total. The van der Waals surface area contributed by atoms with E-state index in [0.29, 0.717) is 0 Å². The monoisotopic (exact) mass is 323 g/mol. The molecule has 2 aromatic heterocycles. The van der Waals surface area contributed by atoms with Gasteiger partial charge in [-0.15, -0.1) is 0 Å². The van der Waals surface area contributed by atoms with Crippen molar-refractivity contribution in [1.29, 1.82) is 0 Å². The van der Waals surface area contributed by atoms with E-state index in [1.807, 2.05) is 28.8 Å². The van der Waals surface area contributed by atoms with Crippen LogP contribution in [0.25, 0.3) is 5.65 Å². The molecule has 4 bridgehead atoms. The summed E-state index contributed by atoms with van der Waals surface area (Å²) in [4.78, 5) is 17.9. The molecule has 1 amide bonds. The van der Waals surface area contributed by atoms with Crippen LogP contribution in [0.4, 0.5) is 0 Å². The summed E-state index contributed by atoms with van der Waals surface area (Å²) in [6, 6.07) is 5.92. The molecular formula is C20H25N3O. The maximum atomic E-state index is 13.2. The van der Waals surface area contributed by atoms with Crippen molar-refractivity contribution in [3.63, 3.8) is 0 Å². The van der Waals surface area contributed by atoms with Crippen LogP contribution < -0.4 is 5.32 Å². The Morgan fingerprint density at radius 3 is 2.50 bits per heavy atom. The second kappa shape index (κ2) is 5.08. The number of carbonyl (C=O) groups is 1. The van der Waals surface area contributed by atoms with Gasteiger partial charge < -0.3 is 5.32 Å². The van der Waals surface area contributed by atoms with Crippen LogP contribution in [0.2, 0.25) is 0 Å². The lowest BCUT2D eigenvalue weighted by Gasteiger charge is -2.56. The number of hydrogen-bond donors (Lipinski definition) is 1. The van der Waals surface area contributed by atoms with E-state index in [9.17, 15) is 4.79 Å². The number of nitrogens with zero attached hydrogens (tertiary/aromatic N) is 2. The Hall–Kier alpha value is -1.84. The first-order valence-electron chi connectivity index (χ1n) is 9.44. The zero-order chi connectivity index (χ0) is 16.3. The summed E-state index contributed by atoms with van der Waals surface area (Å²) in [6.45, 7) is 2.07. The highest BCUT2D eigenvalue weighted by Gasteiger charge is 2.51. The van der Waals surface area contributed by atoms with Gasteiger partial charge in [0, 0.05) is 11.7 Å². The van der Waals surface area contributed by atoms with Gasteiger partial charge in [-0.05, 0) is 74.8 Å². The summed E-state index contributed by atoms with van der Waals surface area (Å²) in [5.41, 5.74) is 2.56. The number of imidazole rings is 1. The molecule has 126 valence electrons. The van der Waals surface area contributed by atoms with E-state index in [1.54, 1.807) is 0 Å². The van der Waals surface area contributed by atoms with Crippen molar-refractivity contribution in [3.8, 4) is 0 Å². The van der Waals surface area contributed by atoms with Crippen molar-refractivity contribution in [3.05, 3.63) is 35.8 Å². The van der Waals surface area contributed by atoms with Crippen LogP contribution in [0.3, 0.4) is 0 Å². The van der Waals surface area contributed by atoms with Crippen LogP contribution in [-0.4, -0.2) is 20.8 Å². The zero-order valence-electron chi connectivity index (χ0n) is 14.3. The van der Waals surface area contributed by atoms with Crippen molar-refractivity contribution in [2.45, 2.75) is 57.4 Å². The molecule has 4 saturated carbocycles. The van der Waals surface area contributed by atoms with Crippen LogP contribution in [0, 0.1) is 17.8 Å². The first-order valence-corrected chi connectivity index (χ1v) is 9.44. The molecule has 0 atom stereocenters. The summed E-state index contributed by atoms with van der Waals surface area (Å²) in [5.74, 6) is 2.59. The number of nitrogens with one attached hydrogen (secondary N) is 1. The van der Waals surface area contributed by atoms with E-state index in [-0.39, 0.29) is 11.4 Å². The summed E-state index contributed by atoms with van der Waals surface area (Å²) in [6.07, 6.45) is 10.5. The molecule has 2 aromatic rings. The second-order valence-electron chi connectivity index (χ2n) is 8.34. The number of carbonyl (C=O) groups excluding carboxylic acids is 1. The molecule has 4 heteroatoms. The third-order valence-corrected chi connectivity index (χ3v) is 6.57. The molecule has 4 aliphatic rings. The highest BCUT2D eigenvalue weighted by Crippen LogP contribution is 2.55. The van der Waals surface area contributed by atoms with Crippen molar-refractivity contribution >= 4 is 11.6 Å². The third-order valence-electron chi connectivity index (χ3n) is 6.57. The number of hydrogen-bond acceptors (Lipinski definition) is 2. The summed E-state index contributed by atoms with van der Waals surface area (Å²) in [7, 11) is 0. The van der Waals surface area contributed by atoms with E-state index >= 15 is 0 Å². The number of rotatable bonds is 3. The van der Waals surface area contributed by atoms with E-state index < -0.39 is 0 Å². The Balaban J connectivity index is 1.49. The zero-order valence-corrected chi connectivity index (χ0v) is 14.3. The molecule has 0 aliphatic heterocycles. The fourth-order valence-electron chi connectivity index (χ4n) is 6.10. The number of pyridine rings is 1. The van der Waals surface area contributed by atoms with Gasteiger partial charge in [0.25, 0.3) is 5.91 Å². The molecule has 4 aliphatic carbocycles. The lowest BCUT2D eigenvalue weighted by atomic mass is 9.53. The molecule has 24 heavy (non-hydrogen) atoms. The number of aryl methyl sites for hydroxylation is 1. The van der Waals surface area contributed by atoms with Crippen LogP contribution in [0.15, 0.2) is 24.4 Å². The Kier molecular flexibility index (Phi) is 3.07. The smallest absolute Gasteiger partial charge is 0.270 e. The molecule has 0 radical (unpaired) electrons. The minimum atomic E-state index is 0.0514. The van der Waals surface area contributed by atoms with Crippen molar-refractivity contribution in [2.75, 3.05) is 0 Å². The minimum Gasteiger partial charge on any atom is -0.345 e. The van der Waals surface area contributed by atoms with Gasteiger partial charge in [-0.3, -0.25) is 9.20 Å². The lowest BCUT2D eigenvalue weighted by molar-refractivity contribution is -0.0168. The average Bonchev–Trinajstić information content (AvgIpc) is 2.91. The Labute approximate surface area is 142 Å². The molecule has 4 fully saturated rings. The van der Waals surface area contributed by atoms with E-state index in [4.69, 9.17) is 0 Å². The standard InChI is InChI=1S/C20H25N3O/c1-2-16-18(23-6-4-3-5-17(23)21-16)19(24)22-20-10-13-7-14(11-20)9-15(8-13)12-20/h3-6,13-15H,2,7-12H2,1H3,(H,22,24). The average molecular weight is 323 g/mol. The van der Waals surface area contributed by atoms with Crippen LogP contribution in [0.1, 0.15) is 61.6 Å². The summed E-state index contributed by atoms with van der Waals surface area (Å²) < 4.78 is 1.95. The fourth-order valence-corrected chi connectivity index (χ4v) is 6.10. The Morgan fingerprint density at radius 1 is 1.21 bits per heavy atom. The molecule has 0 unspecified atom stereocenters. The molecule has 6 rings (SSSR count). The van der Waals surface area contributed by atoms with Gasteiger partial charge in [0.1, 0.15) is 11.3 Å². The Morgan fingerprint density at radius 2 is 1.88 bits per heavy atom. The van der Waals surface area contributed by atoms with Gasteiger partial charge in [-0.1, -0.05) is 13.0 Å². The quantitative estimate of drug-likeness (QED) is 0.938. The topological polar surface area (TPSA) is 46.4 Å².